The molecule has 0 radical (unpaired) electrons. The third kappa shape index (κ3) is 6.37. The van der Waals surface area contributed by atoms with Crippen molar-refractivity contribution in [3.8, 4) is 5.75 Å². The molecule has 0 aromatic heterocycles. The van der Waals surface area contributed by atoms with Crippen LogP contribution in [0, 0.1) is 26.2 Å². The van der Waals surface area contributed by atoms with E-state index >= 15 is 0 Å². The number of carbonyl (C=O) groups is 2. The van der Waals surface area contributed by atoms with Crippen molar-refractivity contribution in [1.82, 2.24) is 15.4 Å². The standard InChI is InChI=1S/C22H33FN4O6S/c1-12-13(2)19(14(3)15-8-9-22(4,5)33-18(12)15)34(31,32)27-20(24)25-10-6-7-16(17(28)11-23)26-21(29)30/h16,26H,6-11H2,1-5H3,(H,29,30)(H3,24,25,27)/t16-/m0/s1. The predicted octanol–water partition coefficient (Wildman–Crippen LogP) is 2.47. The first-order valence-electron chi connectivity index (χ1n) is 10.9. The van der Waals surface area contributed by atoms with Crippen molar-refractivity contribution in [2.75, 3.05) is 13.2 Å². The molecule has 1 atom stereocenters. The molecule has 0 saturated heterocycles. The number of benzene rings is 1. The number of carboxylic acid groups (broad SMARTS) is 1. The van der Waals surface area contributed by atoms with Crippen LogP contribution in [0.1, 0.15) is 55.4 Å². The number of nitrogens with one attached hydrogen (secondary N) is 4. The van der Waals surface area contributed by atoms with Gasteiger partial charge in [-0.15, -0.1) is 0 Å². The highest BCUT2D eigenvalue weighted by Gasteiger charge is 2.33. The number of carbonyl (C=O) groups excluding carboxylic acids is 1. The zero-order valence-corrected chi connectivity index (χ0v) is 20.9. The van der Waals surface area contributed by atoms with Crippen LogP contribution in [0.2, 0.25) is 0 Å². The summed E-state index contributed by atoms with van der Waals surface area (Å²) in [6, 6.07) is -1.20. The van der Waals surface area contributed by atoms with Gasteiger partial charge in [-0.05, 0) is 82.6 Å². The van der Waals surface area contributed by atoms with Crippen LogP contribution < -0.4 is 20.1 Å². The maximum absolute atomic E-state index is 13.1. The van der Waals surface area contributed by atoms with Crippen LogP contribution in [0.5, 0.6) is 5.75 Å². The summed E-state index contributed by atoms with van der Waals surface area (Å²) in [5.41, 5.74) is 2.37. The van der Waals surface area contributed by atoms with Crippen LogP contribution in [0.3, 0.4) is 0 Å². The maximum atomic E-state index is 13.1. The molecule has 1 aliphatic heterocycles. The van der Waals surface area contributed by atoms with Crippen LogP contribution in [0.4, 0.5) is 9.18 Å². The summed E-state index contributed by atoms with van der Waals surface area (Å²) < 4.78 is 47.2. The average molecular weight is 501 g/mol. The lowest BCUT2D eigenvalue weighted by atomic mass is 9.88. The normalized spacial score (nSPS) is 15.5. The van der Waals surface area contributed by atoms with E-state index in [1.165, 1.54) is 0 Å². The number of halogens is 1. The SMILES string of the molecule is Cc1c(C)c(S(=O)(=O)NC(=N)NCCC[C@H](NC(=O)O)C(=O)CF)c(C)c2c1OC(C)(C)CC2. The van der Waals surface area contributed by atoms with Crippen LogP contribution >= 0.6 is 0 Å². The summed E-state index contributed by atoms with van der Waals surface area (Å²) in [6.45, 7) is 8.02. The first-order chi connectivity index (χ1) is 15.7. The highest BCUT2D eigenvalue weighted by atomic mass is 32.2. The summed E-state index contributed by atoms with van der Waals surface area (Å²) in [5.74, 6) is -0.642. The molecule has 0 fully saturated rings. The lowest BCUT2D eigenvalue weighted by Gasteiger charge is -2.35. The number of amides is 1. The minimum atomic E-state index is -4.08. The predicted molar refractivity (Wildman–Crippen MR) is 125 cm³/mol. The van der Waals surface area contributed by atoms with Gasteiger partial charge in [0.15, 0.2) is 5.78 Å². The minimum Gasteiger partial charge on any atom is -0.487 e. The highest BCUT2D eigenvalue weighted by Crippen LogP contribution is 2.42. The molecule has 5 N–H and O–H groups in total. The van der Waals surface area contributed by atoms with E-state index in [9.17, 15) is 22.4 Å². The summed E-state index contributed by atoms with van der Waals surface area (Å²) in [5, 5.41) is 21.3. The lowest BCUT2D eigenvalue weighted by molar-refractivity contribution is -0.121. The molecule has 190 valence electrons. The Morgan fingerprint density at radius 1 is 1.21 bits per heavy atom. The summed E-state index contributed by atoms with van der Waals surface area (Å²) in [4.78, 5) is 22.3. The van der Waals surface area contributed by atoms with Gasteiger partial charge in [-0.2, -0.15) is 0 Å². The second-order valence-electron chi connectivity index (χ2n) is 9.03. The van der Waals surface area contributed by atoms with Gasteiger partial charge in [-0.1, -0.05) is 0 Å². The Morgan fingerprint density at radius 3 is 2.44 bits per heavy atom. The van der Waals surface area contributed by atoms with Crippen LogP contribution in [-0.4, -0.2) is 56.2 Å². The van der Waals surface area contributed by atoms with Crippen molar-refractivity contribution in [3.63, 3.8) is 0 Å². The number of sulfonamides is 1. The first kappa shape index (κ1) is 27.4. The fourth-order valence-electron chi connectivity index (χ4n) is 4.05. The van der Waals surface area contributed by atoms with Gasteiger partial charge in [-0.3, -0.25) is 10.2 Å². The summed E-state index contributed by atoms with van der Waals surface area (Å²) in [7, 11) is -4.08. The van der Waals surface area contributed by atoms with Crippen molar-refractivity contribution in [1.29, 1.82) is 5.41 Å². The molecule has 34 heavy (non-hydrogen) atoms. The number of rotatable bonds is 9. The van der Waals surface area contributed by atoms with E-state index in [1.54, 1.807) is 13.8 Å². The molecule has 1 aliphatic rings. The van der Waals surface area contributed by atoms with E-state index in [0.29, 0.717) is 23.3 Å². The molecular weight excluding hydrogens is 467 g/mol. The van der Waals surface area contributed by atoms with Gasteiger partial charge in [-0.25, -0.2) is 22.3 Å². The summed E-state index contributed by atoms with van der Waals surface area (Å²) >= 11 is 0. The Kier molecular flexibility index (Phi) is 8.51. The monoisotopic (exact) mass is 500 g/mol. The van der Waals surface area contributed by atoms with E-state index in [4.69, 9.17) is 15.3 Å². The van der Waals surface area contributed by atoms with Crippen molar-refractivity contribution in [2.45, 2.75) is 76.8 Å². The molecule has 1 aromatic rings. The van der Waals surface area contributed by atoms with Gasteiger partial charge >= 0.3 is 6.09 Å². The number of ether oxygens (including phenoxy) is 1. The Balaban J connectivity index is 2.09. The van der Waals surface area contributed by atoms with Gasteiger partial charge in [0, 0.05) is 6.54 Å². The van der Waals surface area contributed by atoms with Gasteiger partial charge in [0.25, 0.3) is 10.0 Å². The Morgan fingerprint density at radius 2 is 1.85 bits per heavy atom. The third-order valence-corrected chi connectivity index (χ3v) is 7.58. The minimum absolute atomic E-state index is 0.000659. The molecule has 1 amide bonds. The zero-order valence-electron chi connectivity index (χ0n) is 20.1. The zero-order chi connectivity index (χ0) is 25.8. The van der Waals surface area contributed by atoms with E-state index in [-0.39, 0.29) is 29.9 Å². The second kappa shape index (κ2) is 10.6. The van der Waals surface area contributed by atoms with Gasteiger partial charge in [0.05, 0.1) is 10.9 Å². The molecule has 1 heterocycles. The fraction of sp³-hybridized carbons (Fsp3) is 0.591. The molecule has 1 aromatic carbocycles. The first-order valence-corrected chi connectivity index (χ1v) is 12.4. The summed E-state index contributed by atoms with van der Waals surface area (Å²) in [6.07, 6.45) is 0.178. The van der Waals surface area contributed by atoms with Crippen molar-refractivity contribution in [3.05, 3.63) is 22.3 Å². The fourth-order valence-corrected chi connectivity index (χ4v) is 5.57. The van der Waals surface area contributed by atoms with Crippen molar-refractivity contribution < 1.29 is 32.2 Å². The van der Waals surface area contributed by atoms with Gasteiger partial charge in [0.2, 0.25) is 5.96 Å². The third-order valence-electron chi connectivity index (χ3n) is 5.96. The van der Waals surface area contributed by atoms with E-state index in [1.807, 2.05) is 26.1 Å². The molecule has 12 heteroatoms. The topological polar surface area (TPSA) is 158 Å². The quantitative estimate of drug-likeness (QED) is 0.198. The number of guanidine groups is 1. The Labute approximate surface area is 199 Å². The number of Topliss-reactive ketones (excluding diaryl/α,β-unsaturated/α-hetero) is 1. The van der Waals surface area contributed by atoms with E-state index in [2.05, 4.69) is 10.0 Å². The molecule has 10 nitrogen and oxygen atoms in total. The number of hydrogen-bond acceptors (Lipinski definition) is 6. The molecule has 0 saturated carbocycles. The van der Waals surface area contributed by atoms with Crippen molar-refractivity contribution in [2.24, 2.45) is 0 Å². The van der Waals surface area contributed by atoms with E-state index in [0.717, 1.165) is 17.5 Å². The van der Waals surface area contributed by atoms with Crippen LogP contribution in [0.25, 0.3) is 0 Å². The molecule has 2 rings (SSSR count). The highest BCUT2D eigenvalue weighted by molar-refractivity contribution is 7.90. The number of fused-ring (bicyclic) bond motifs is 1. The van der Waals surface area contributed by atoms with Crippen molar-refractivity contribution >= 4 is 27.9 Å². The van der Waals surface area contributed by atoms with E-state index < -0.39 is 40.6 Å². The maximum Gasteiger partial charge on any atom is 0.405 e. The molecule has 0 aliphatic carbocycles. The Hall–Kier alpha value is -2.89. The molecule has 0 unspecified atom stereocenters. The number of hydrogen-bond donors (Lipinski definition) is 5. The molecule has 0 bridgehead atoms. The van der Waals surface area contributed by atoms with Gasteiger partial charge in [0.1, 0.15) is 18.0 Å². The lowest BCUT2D eigenvalue weighted by Crippen LogP contribution is -2.43. The van der Waals surface area contributed by atoms with Crippen LogP contribution in [-0.2, 0) is 21.2 Å². The largest absolute Gasteiger partial charge is 0.487 e. The number of ketones is 1. The smallest absolute Gasteiger partial charge is 0.405 e. The second-order valence-corrected chi connectivity index (χ2v) is 10.6. The Bertz CT molecular complexity index is 1090. The number of alkyl halides is 1. The van der Waals surface area contributed by atoms with Gasteiger partial charge < -0.3 is 20.5 Å². The molecular formula is C22H33FN4O6S. The molecule has 0 spiro atoms. The van der Waals surface area contributed by atoms with Crippen LogP contribution in [0.15, 0.2) is 4.90 Å². The average Bonchev–Trinajstić information content (AvgIpc) is 2.72.